The van der Waals surface area contributed by atoms with Crippen LogP contribution in [0.25, 0.3) is 22.2 Å². The van der Waals surface area contributed by atoms with Crippen LogP contribution in [0, 0.1) is 5.82 Å². The van der Waals surface area contributed by atoms with Crippen LogP contribution in [0.5, 0.6) is 5.75 Å². The number of benzene rings is 1. The van der Waals surface area contributed by atoms with Crippen LogP contribution in [0.3, 0.4) is 0 Å². The number of halogens is 2. The molecule has 0 spiro atoms. The van der Waals surface area contributed by atoms with Crippen molar-refractivity contribution in [3.8, 4) is 16.9 Å². The summed E-state index contributed by atoms with van der Waals surface area (Å²) in [4.78, 5) is 7.83. The van der Waals surface area contributed by atoms with Gasteiger partial charge in [-0.1, -0.05) is 25.4 Å². The largest absolute Gasteiger partial charge is 0.496 e. The number of nitrogens with zero attached hydrogens (tertiary/aromatic N) is 3. The van der Waals surface area contributed by atoms with E-state index in [-0.39, 0.29) is 10.9 Å². The molecule has 3 aromatic heterocycles. The fourth-order valence-electron chi connectivity index (χ4n) is 4.26. The Balaban J connectivity index is 1.81. The number of aryl methyl sites for hydroxylation is 1. The zero-order valence-corrected chi connectivity index (χ0v) is 20.2. The number of nitrogens with one attached hydrogen (secondary N) is 1. The average Bonchev–Trinajstić information content (AvgIpc) is 3.37. The van der Waals surface area contributed by atoms with Gasteiger partial charge in [0.1, 0.15) is 17.2 Å². The molecule has 2 N–H and O–H groups in total. The molecule has 6 nitrogen and oxygen atoms in total. The van der Waals surface area contributed by atoms with E-state index >= 15 is 0 Å². The number of hydrogen-bond acceptors (Lipinski definition) is 4. The van der Waals surface area contributed by atoms with Gasteiger partial charge in [0.15, 0.2) is 0 Å². The predicted octanol–water partition coefficient (Wildman–Crippen LogP) is 5.71. The Morgan fingerprint density at radius 2 is 2.09 bits per heavy atom. The first kappa shape index (κ1) is 23.3. The van der Waals surface area contributed by atoms with E-state index in [1.54, 1.807) is 31.7 Å². The quantitative estimate of drug-likeness (QED) is 0.362. The van der Waals surface area contributed by atoms with E-state index in [9.17, 15) is 9.50 Å². The van der Waals surface area contributed by atoms with Gasteiger partial charge in [0.25, 0.3) is 0 Å². The van der Waals surface area contributed by atoms with Crippen LogP contribution in [0.4, 0.5) is 4.39 Å². The second-order valence-corrected chi connectivity index (χ2v) is 9.29. The highest BCUT2D eigenvalue weighted by Gasteiger charge is 2.23. The minimum Gasteiger partial charge on any atom is -0.496 e. The zero-order chi connectivity index (χ0) is 23.9. The summed E-state index contributed by atoms with van der Waals surface area (Å²) in [5, 5.41) is 15.8. The van der Waals surface area contributed by atoms with Gasteiger partial charge in [-0.25, -0.2) is 9.37 Å². The molecule has 0 unspecified atom stereocenters. The third-order valence-electron chi connectivity index (χ3n) is 5.81. The van der Waals surface area contributed by atoms with Crippen LogP contribution in [0.1, 0.15) is 50.4 Å². The first-order chi connectivity index (χ1) is 15.6. The van der Waals surface area contributed by atoms with E-state index in [2.05, 4.69) is 21.1 Å². The Morgan fingerprint density at radius 1 is 1.33 bits per heavy atom. The summed E-state index contributed by atoms with van der Waals surface area (Å²) in [6.45, 7) is 7.92. The Kier molecular flexibility index (Phi) is 6.20. The number of pyridine rings is 1. The molecule has 0 amide bonds. The second kappa shape index (κ2) is 8.80. The number of aromatic nitrogens is 4. The summed E-state index contributed by atoms with van der Waals surface area (Å²) in [5.74, 6) is -0.184. The number of ether oxygens (including phenoxy) is 1. The Bertz CT molecular complexity index is 1310. The number of aliphatic hydroxyl groups is 1. The highest BCUT2D eigenvalue weighted by atomic mass is 35.5. The molecule has 0 bridgehead atoms. The Labute approximate surface area is 197 Å². The number of H-pyrrole nitrogens is 1. The maximum absolute atomic E-state index is 14.3. The van der Waals surface area contributed by atoms with Crippen LogP contribution in [0.2, 0.25) is 5.02 Å². The van der Waals surface area contributed by atoms with Crippen LogP contribution in [-0.2, 0) is 13.0 Å². The molecule has 33 heavy (non-hydrogen) atoms. The molecule has 0 saturated heterocycles. The van der Waals surface area contributed by atoms with Gasteiger partial charge in [0.05, 0.1) is 30.0 Å². The highest BCUT2D eigenvalue weighted by Crippen LogP contribution is 2.41. The van der Waals surface area contributed by atoms with Gasteiger partial charge in [-0.3, -0.25) is 4.68 Å². The number of rotatable bonds is 7. The van der Waals surface area contributed by atoms with Gasteiger partial charge in [0.2, 0.25) is 0 Å². The van der Waals surface area contributed by atoms with Crippen LogP contribution >= 0.6 is 11.6 Å². The summed E-state index contributed by atoms with van der Waals surface area (Å²) in [5.41, 5.74) is 4.21. The molecule has 0 aliphatic heterocycles. The van der Waals surface area contributed by atoms with Crippen molar-refractivity contribution in [3.05, 3.63) is 64.5 Å². The van der Waals surface area contributed by atoms with Gasteiger partial charge < -0.3 is 14.8 Å². The van der Waals surface area contributed by atoms with Crippen molar-refractivity contribution in [3.63, 3.8) is 0 Å². The third kappa shape index (κ3) is 4.48. The SMILES string of the molecule is CCc1nn(CC(C)(C)O)cc1-c1cnc2[nH]cc([C@H](C)c3c(OC)ccc(F)c3Cl)c2c1. The van der Waals surface area contributed by atoms with Crippen LogP contribution < -0.4 is 4.74 Å². The normalized spacial score (nSPS) is 13.0. The number of hydrogen-bond donors (Lipinski definition) is 2. The first-order valence-electron chi connectivity index (χ1n) is 10.9. The molecule has 4 aromatic rings. The lowest BCUT2D eigenvalue weighted by molar-refractivity contribution is 0.0576. The van der Waals surface area contributed by atoms with Crippen molar-refractivity contribution in [1.82, 2.24) is 19.7 Å². The van der Waals surface area contributed by atoms with Crippen molar-refractivity contribution in [2.75, 3.05) is 7.11 Å². The zero-order valence-electron chi connectivity index (χ0n) is 19.4. The summed E-state index contributed by atoms with van der Waals surface area (Å²) in [6.07, 6.45) is 6.39. The molecule has 174 valence electrons. The number of fused-ring (bicyclic) bond motifs is 1. The van der Waals surface area contributed by atoms with Gasteiger partial charge in [-0.15, -0.1) is 0 Å². The predicted molar refractivity (Wildman–Crippen MR) is 128 cm³/mol. The molecule has 1 aromatic carbocycles. The fraction of sp³-hybridized carbons (Fsp3) is 0.360. The molecule has 3 heterocycles. The van der Waals surface area contributed by atoms with E-state index in [1.165, 1.54) is 6.07 Å². The van der Waals surface area contributed by atoms with E-state index in [0.717, 1.165) is 39.8 Å². The first-order valence-corrected chi connectivity index (χ1v) is 11.3. The van der Waals surface area contributed by atoms with Gasteiger partial charge >= 0.3 is 0 Å². The van der Waals surface area contributed by atoms with E-state index in [4.69, 9.17) is 16.3 Å². The molecular formula is C25H28ClFN4O2. The van der Waals surface area contributed by atoms with Gasteiger partial charge in [-0.2, -0.15) is 5.10 Å². The van der Waals surface area contributed by atoms with Crippen LogP contribution in [-0.4, -0.2) is 37.6 Å². The number of methoxy groups -OCH3 is 1. The molecular weight excluding hydrogens is 443 g/mol. The lowest BCUT2D eigenvalue weighted by Crippen LogP contribution is -2.26. The molecule has 8 heteroatoms. The topological polar surface area (TPSA) is 76.0 Å². The van der Waals surface area contributed by atoms with E-state index in [0.29, 0.717) is 17.9 Å². The molecule has 0 radical (unpaired) electrons. The molecule has 1 atom stereocenters. The van der Waals surface area contributed by atoms with Gasteiger partial charge in [0, 0.05) is 46.6 Å². The minimum absolute atomic E-state index is 0.0569. The minimum atomic E-state index is -0.872. The van der Waals surface area contributed by atoms with Crippen LogP contribution in [0.15, 0.2) is 36.8 Å². The lowest BCUT2D eigenvalue weighted by Gasteiger charge is -2.17. The van der Waals surface area contributed by atoms with Crippen molar-refractivity contribution in [1.29, 1.82) is 0 Å². The molecule has 0 aliphatic carbocycles. The molecule has 0 fully saturated rings. The second-order valence-electron chi connectivity index (χ2n) is 8.92. The summed E-state index contributed by atoms with van der Waals surface area (Å²) < 4.78 is 21.5. The van der Waals surface area contributed by atoms with E-state index in [1.807, 2.05) is 32.4 Å². The van der Waals surface area contributed by atoms with E-state index < -0.39 is 11.4 Å². The number of aromatic amines is 1. The maximum Gasteiger partial charge on any atom is 0.142 e. The lowest BCUT2D eigenvalue weighted by atomic mass is 9.91. The average molecular weight is 471 g/mol. The van der Waals surface area contributed by atoms with Gasteiger partial charge in [-0.05, 0) is 44.0 Å². The fourth-order valence-corrected chi connectivity index (χ4v) is 4.58. The van der Waals surface area contributed by atoms with Crippen molar-refractivity contribution in [2.24, 2.45) is 0 Å². The molecule has 0 aliphatic rings. The summed E-state index contributed by atoms with van der Waals surface area (Å²) >= 11 is 6.35. The van der Waals surface area contributed by atoms with Crippen molar-refractivity contribution in [2.45, 2.75) is 52.2 Å². The highest BCUT2D eigenvalue weighted by molar-refractivity contribution is 6.31. The Hall–Kier alpha value is -2.90. The molecule has 0 saturated carbocycles. The maximum atomic E-state index is 14.3. The van der Waals surface area contributed by atoms with Crippen molar-refractivity contribution < 1.29 is 14.2 Å². The summed E-state index contributed by atoms with van der Waals surface area (Å²) in [7, 11) is 1.55. The monoisotopic (exact) mass is 470 g/mol. The third-order valence-corrected chi connectivity index (χ3v) is 6.19. The molecule has 4 rings (SSSR count). The smallest absolute Gasteiger partial charge is 0.142 e. The summed E-state index contributed by atoms with van der Waals surface area (Å²) in [6, 6.07) is 4.97. The Morgan fingerprint density at radius 3 is 2.76 bits per heavy atom. The van der Waals surface area contributed by atoms with Crippen molar-refractivity contribution >= 4 is 22.6 Å². The standard InChI is InChI=1S/C25H28ClFN4O2/c1-6-20-18(12-31(30-20)13-25(3,4)32)15-9-16-17(11-29-24(16)28-10-15)14(2)22-21(33-5)8-7-19(27)23(22)26/h7-12,14,32H,6,13H2,1-5H3,(H,28,29)/t14-/m0/s1.